The summed E-state index contributed by atoms with van der Waals surface area (Å²) in [5.41, 5.74) is -4.80. The Morgan fingerprint density at radius 1 is 1.00 bits per heavy atom. The quantitative estimate of drug-likeness (QED) is 0.578. The van der Waals surface area contributed by atoms with Crippen LogP contribution < -0.4 is 10.6 Å². The van der Waals surface area contributed by atoms with E-state index in [-0.39, 0.29) is 20.8 Å². The number of anilines is 1. The molecule has 3 nitrogen and oxygen atoms in total. The van der Waals surface area contributed by atoms with Gasteiger partial charge in [-0.1, -0.05) is 41.7 Å². The lowest BCUT2D eigenvalue weighted by molar-refractivity contribution is -0.304. The molecule has 0 bridgehead atoms. The molecule has 0 heterocycles. The van der Waals surface area contributed by atoms with E-state index in [4.69, 9.17) is 34.8 Å². The normalized spacial score (nSPS) is 12.9. The van der Waals surface area contributed by atoms with Crippen molar-refractivity contribution >= 4 is 46.5 Å². The summed E-state index contributed by atoms with van der Waals surface area (Å²) in [4.78, 5) is 11.7. The Hall–Kier alpha value is -1.06. The lowest BCUT2D eigenvalue weighted by Crippen LogP contribution is -2.67. The standard InChI is InChI=1S/C12H9Cl3F6N2O/c1-2-10(11(16,17)18,12(19,20)21)23-9(24)22-8-6(14)3-5(13)4-7(8)15/h3-4H,2H2,1H3,(H2,22,23,24). The summed E-state index contributed by atoms with van der Waals surface area (Å²) in [6, 6.07) is 0.425. The van der Waals surface area contributed by atoms with Crippen molar-refractivity contribution < 1.29 is 31.1 Å². The molecule has 24 heavy (non-hydrogen) atoms. The summed E-state index contributed by atoms with van der Waals surface area (Å²) in [6.07, 6.45) is -13.0. The molecule has 0 spiro atoms. The summed E-state index contributed by atoms with van der Waals surface area (Å²) in [5, 5.41) is 2.23. The number of benzene rings is 1. The minimum atomic E-state index is -5.77. The van der Waals surface area contributed by atoms with E-state index < -0.39 is 30.3 Å². The van der Waals surface area contributed by atoms with Gasteiger partial charge in [-0.05, 0) is 18.6 Å². The van der Waals surface area contributed by atoms with Crippen molar-refractivity contribution in [1.82, 2.24) is 5.32 Å². The van der Waals surface area contributed by atoms with Gasteiger partial charge < -0.3 is 10.6 Å². The summed E-state index contributed by atoms with van der Waals surface area (Å²) >= 11 is 17.0. The van der Waals surface area contributed by atoms with Gasteiger partial charge in [-0.15, -0.1) is 0 Å². The fraction of sp³-hybridized carbons (Fsp3) is 0.417. The van der Waals surface area contributed by atoms with Crippen molar-refractivity contribution in [2.45, 2.75) is 31.2 Å². The Bertz CT molecular complexity index is 595. The van der Waals surface area contributed by atoms with Crippen LogP contribution >= 0.6 is 34.8 Å². The molecule has 1 aromatic rings. The first-order chi connectivity index (χ1) is 10.7. The van der Waals surface area contributed by atoms with Gasteiger partial charge in [-0.2, -0.15) is 26.3 Å². The predicted molar refractivity (Wildman–Crippen MR) is 78.8 cm³/mol. The van der Waals surface area contributed by atoms with Crippen molar-refractivity contribution in [3.63, 3.8) is 0 Å². The maximum absolute atomic E-state index is 13.0. The van der Waals surface area contributed by atoms with Crippen LogP contribution in [0.25, 0.3) is 0 Å². The molecule has 12 heteroatoms. The third-order valence-electron chi connectivity index (χ3n) is 3.07. The highest BCUT2D eigenvalue weighted by atomic mass is 35.5. The molecular weight excluding hydrogens is 408 g/mol. The number of hydrogen-bond acceptors (Lipinski definition) is 1. The van der Waals surface area contributed by atoms with Gasteiger partial charge in [0.2, 0.25) is 5.54 Å². The van der Waals surface area contributed by atoms with Crippen LogP contribution in [0.3, 0.4) is 0 Å². The van der Waals surface area contributed by atoms with Crippen LogP contribution in [-0.4, -0.2) is 23.9 Å². The van der Waals surface area contributed by atoms with Crippen molar-refractivity contribution in [2.24, 2.45) is 0 Å². The molecule has 2 N–H and O–H groups in total. The van der Waals surface area contributed by atoms with E-state index in [1.807, 2.05) is 0 Å². The Morgan fingerprint density at radius 3 is 1.75 bits per heavy atom. The lowest BCUT2D eigenvalue weighted by Gasteiger charge is -2.37. The second kappa shape index (κ2) is 7.05. The molecule has 1 rings (SSSR count). The smallest absolute Gasteiger partial charge is 0.316 e. The Balaban J connectivity index is 3.16. The van der Waals surface area contributed by atoms with E-state index in [2.05, 4.69) is 0 Å². The Labute approximate surface area is 147 Å². The summed E-state index contributed by atoms with van der Waals surface area (Å²) < 4.78 is 77.7. The fourth-order valence-corrected chi connectivity index (χ4v) is 2.70. The van der Waals surface area contributed by atoms with E-state index in [0.717, 1.165) is 17.4 Å². The molecule has 136 valence electrons. The molecule has 1 aromatic carbocycles. The predicted octanol–water partition coefficient (Wildman–Crippen LogP) is 6.04. The monoisotopic (exact) mass is 416 g/mol. The summed E-state index contributed by atoms with van der Waals surface area (Å²) in [7, 11) is 0. The van der Waals surface area contributed by atoms with Crippen LogP contribution in [-0.2, 0) is 0 Å². The SMILES string of the molecule is CCC(NC(=O)Nc1c(Cl)cc(Cl)cc1Cl)(C(F)(F)F)C(F)(F)F. The average Bonchev–Trinajstić information content (AvgIpc) is 2.37. The third-order valence-corrected chi connectivity index (χ3v) is 3.88. The van der Waals surface area contributed by atoms with E-state index in [1.54, 1.807) is 5.32 Å². The van der Waals surface area contributed by atoms with Gasteiger partial charge in [-0.25, -0.2) is 4.79 Å². The van der Waals surface area contributed by atoms with Gasteiger partial charge in [0.1, 0.15) is 0 Å². The molecule has 0 aliphatic heterocycles. The number of carbonyl (C=O) groups is 1. The summed E-state index contributed by atoms with van der Waals surface area (Å²) in [6.45, 7) is 0.642. The van der Waals surface area contributed by atoms with Crippen molar-refractivity contribution in [3.05, 3.63) is 27.2 Å². The van der Waals surface area contributed by atoms with Crippen LogP contribution in [0.5, 0.6) is 0 Å². The minimum absolute atomic E-state index is 0.0597. The molecule has 0 aromatic heterocycles. The second-order valence-corrected chi connectivity index (χ2v) is 5.83. The van der Waals surface area contributed by atoms with Crippen molar-refractivity contribution in [3.8, 4) is 0 Å². The van der Waals surface area contributed by atoms with Crippen LogP contribution in [0.1, 0.15) is 13.3 Å². The zero-order chi connectivity index (χ0) is 18.9. The zero-order valence-corrected chi connectivity index (χ0v) is 13.9. The van der Waals surface area contributed by atoms with Crippen LogP contribution in [0.4, 0.5) is 36.8 Å². The maximum Gasteiger partial charge on any atom is 0.420 e. The molecular formula is C12H9Cl3F6N2O. The van der Waals surface area contributed by atoms with Gasteiger partial charge in [0.05, 0.1) is 15.7 Å². The molecule has 2 amide bonds. The molecule has 0 fully saturated rings. The number of nitrogens with one attached hydrogen (secondary N) is 2. The molecule has 0 saturated heterocycles. The largest absolute Gasteiger partial charge is 0.420 e. The van der Waals surface area contributed by atoms with E-state index in [0.29, 0.717) is 6.92 Å². The minimum Gasteiger partial charge on any atom is -0.316 e. The highest BCUT2D eigenvalue weighted by Crippen LogP contribution is 2.45. The van der Waals surface area contributed by atoms with Gasteiger partial charge in [-0.3, -0.25) is 0 Å². The first-order valence-corrected chi connectivity index (χ1v) is 7.25. The molecule has 0 aliphatic carbocycles. The number of rotatable bonds is 3. The topological polar surface area (TPSA) is 41.1 Å². The van der Waals surface area contributed by atoms with Crippen LogP contribution in [0.2, 0.25) is 15.1 Å². The zero-order valence-electron chi connectivity index (χ0n) is 11.7. The van der Waals surface area contributed by atoms with Gasteiger partial charge in [0.25, 0.3) is 0 Å². The van der Waals surface area contributed by atoms with Gasteiger partial charge in [0.15, 0.2) is 0 Å². The van der Waals surface area contributed by atoms with Gasteiger partial charge in [0, 0.05) is 5.02 Å². The number of halogens is 9. The van der Waals surface area contributed by atoms with Crippen LogP contribution in [0, 0.1) is 0 Å². The average molecular weight is 418 g/mol. The van der Waals surface area contributed by atoms with E-state index in [1.165, 1.54) is 0 Å². The first-order valence-electron chi connectivity index (χ1n) is 6.12. The fourth-order valence-electron chi connectivity index (χ4n) is 1.79. The van der Waals surface area contributed by atoms with E-state index in [9.17, 15) is 31.1 Å². The van der Waals surface area contributed by atoms with E-state index >= 15 is 0 Å². The Kier molecular flexibility index (Phi) is 6.16. The second-order valence-electron chi connectivity index (χ2n) is 4.58. The first kappa shape index (κ1) is 21.0. The molecule has 0 atom stereocenters. The number of amides is 2. The van der Waals surface area contributed by atoms with Crippen LogP contribution in [0.15, 0.2) is 12.1 Å². The number of alkyl halides is 6. The van der Waals surface area contributed by atoms with Gasteiger partial charge >= 0.3 is 18.4 Å². The highest BCUT2D eigenvalue weighted by Gasteiger charge is 2.70. The molecule has 0 saturated carbocycles. The molecule has 0 unspecified atom stereocenters. The molecule has 0 aliphatic rings. The number of carbonyl (C=O) groups excluding carboxylic acids is 1. The Morgan fingerprint density at radius 2 is 1.42 bits per heavy atom. The third kappa shape index (κ3) is 4.12. The number of urea groups is 1. The highest BCUT2D eigenvalue weighted by molar-refractivity contribution is 6.42. The number of hydrogen-bond donors (Lipinski definition) is 2. The maximum atomic E-state index is 13.0. The lowest BCUT2D eigenvalue weighted by atomic mass is 9.94. The molecule has 0 radical (unpaired) electrons. The summed E-state index contributed by atoms with van der Waals surface area (Å²) in [5.74, 6) is 0. The van der Waals surface area contributed by atoms with Crippen molar-refractivity contribution in [2.75, 3.05) is 5.32 Å². The van der Waals surface area contributed by atoms with Crippen molar-refractivity contribution in [1.29, 1.82) is 0 Å².